The molecule has 25 heavy (non-hydrogen) atoms. The molecule has 3 aromatic carbocycles. The third-order valence-corrected chi connectivity index (χ3v) is 2.61. The normalized spacial score (nSPS) is 8.84. The van der Waals surface area contributed by atoms with Gasteiger partial charge in [-0.3, -0.25) is 4.79 Å². The highest BCUT2D eigenvalue weighted by molar-refractivity contribution is 5.69. The van der Waals surface area contributed by atoms with Crippen LogP contribution < -0.4 is 4.74 Å². The smallest absolute Gasteiger partial charge is 0.308 e. The van der Waals surface area contributed by atoms with Crippen molar-refractivity contribution in [1.29, 1.82) is 0 Å². The molecule has 0 spiro atoms. The lowest BCUT2D eigenvalue weighted by molar-refractivity contribution is -0.131. The highest BCUT2D eigenvalue weighted by Gasteiger charge is 1.95. The first-order valence-corrected chi connectivity index (χ1v) is 7.43. The topological polar surface area (TPSA) is 87.0 Å². The Morgan fingerprint density at radius 1 is 0.640 bits per heavy atom. The van der Waals surface area contributed by atoms with Gasteiger partial charge < -0.3 is 20.1 Å². The summed E-state index contributed by atoms with van der Waals surface area (Å²) in [5, 5.41) is 26.1. The number of esters is 1. The fourth-order valence-electron chi connectivity index (χ4n) is 1.54. The second-order valence-electron chi connectivity index (χ2n) is 4.76. The van der Waals surface area contributed by atoms with E-state index in [4.69, 9.17) is 20.1 Å². The summed E-state index contributed by atoms with van der Waals surface area (Å²) in [6.45, 7) is 1.33. The number of phenols is 3. The number of carbonyl (C=O) groups is 1. The number of rotatable bonds is 1. The van der Waals surface area contributed by atoms with E-state index in [9.17, 15) is 4.79 Å². The highest BCUT2D eigenvalue weighted by Crippen LogP contribution is 2.15. The Morgan fingerprint density at radius 3 is 1.28 bits per heavy atom. The molecule has 3 aromatic rings. The number of hydrogen-bond acceptors (Lipinski definition) is 5. The summed E-state index contributed by atoms with van der Waals surface area (Å²) in [5.41, 5.74) is 0. The third-order valence-electron chi connectivity index (χ3n) is 2.61. The molecular weight excluding hydrogens is 320 g/mol. The quantitative estimate of drug-likeness (QED) is 0.458. The monoisotopic (exact) mass is 340 g/mol. The largest absolute Gasteiger partial charge is 0.508 e. The average Bonchev–Trinajstić information content (AvgIpc) is 2.59. The zero-order valence-electron chi connectivity index (χ0n) is 13.7. The van der Waals surface area contributed by atoms with E-state index in [0.29, 0.717) is 17.2 Å². The number of phenolic OH excluding ortho intramolecular Hbond substituents is 3. The maximum atomic E-state index is 10.4. The standard InChI is InChI=1S/C8H8O3.2C6H6O/c1-6(9)11-8-4-2-7(10)3-5-8;2*7-6-4-2-1-3-5-6/h2-5,10H,1H3;2*1-5,7H. The van der Waals surface area contributed by atoms with Crippen LogP contribution in [0, 0.1) is 0 Å². The van der Waals surface area contributed by atoms with E-state index >= 15 is 0 Å². The predicted molar refractivity (Wildman–Crippen MR) is 95.6 cm³/mol. The summed E-state index contributed by atoms with van der Waals surface area (Å²) in [6, 6.07) is 23.4. The molecule has 0 unspecified atom stereocenters. The van der Waals surface area contributed by atoms with Crippen LogP contribution in [-0.4, -0.2) is 21.3 Å². The molecule has 0 aliphatic carbocycles. The van der Waals surface area contributed by atoms with Crippen LogP contribution in [0.5, 0.6) is 23.0 Å². The second kappa shape index (κ2) is 11.1. The van der Waals surface area contributed by atoms with Crippen LogP contribution in [0.2, 0.25) is 0 Å². The molecule has 130 valence electrons. The van der Waals surface area contributed by atoms with Crippen LogP contribution in [0.25, 0.3) is 0 Å². The fraction of sp³-hybridized carbons (Fsp3) is 0.0500. The van der Waals surface area contributed by atoms with Crippen molar-refractivity contribution in [1.82, 2.24) is 0 Å². The van der Waals surface area contributed by atoms with Gasteiger partial charge in [0, 0.05) is 6.92 Å². The number of benzene rings is 3. The molecule has 3 N–H and O–H groups in total. The van der Waals surface area contributed by atoms with E-state index in [0.717, 1.165) is 0 Å². The summed E-state index contributed by atoms with van der Waals surface area (Å²) in [6.07, 6.45) is 0. The SMILES string of the molecule is CC(=O)Oc1ccc(O)cc1.Oc1ccccc1.Oc1ccccc1. The van der Waals surface area contributed by atoms with E-state index in [1.807, 2.05) is 12.1 Å². The Kier molecular flexibility index (Phi) is 8.71. The van der Waals surface area contributed by atoms with Gasteiger partial charge in [-0.05, 0) is 48.5 Å². The minimum atomic E-state index is -0.365. The summed E-state index contributed by atoms with van der Waals surface area (Å²) in [7, 11) is 0. The molecule has 0 aliphatic rings. The van der Waals surface area contributed by atoms with E-state index in [1.165, 1.54) is 31.2 Å². The van der Waals surface area contributed by atoms with Crippen LogP contribution in [-0.2, 0) is 4.79 Å². The molecule has 5 nitrogen and oxygen atoms in total. The zero-order chi connectivity index (χ0) is 18.5. The van der Waals surface area contributed by atoms with Gasteiger partial charge in [0.25, 0.3) is 0 Å². The van der Waals surface area contributed by atoms with Gasteiger partial charge in [0.1, 0.15) is 23.0 Å². The van der Waals surface area contributed by atoms with Crippen molar-refractivity contribution in [3.8, 4) is 23.0 Å². The Morgan fingerprint density at radius 2 is 1.00 bits per heavy atom. The van der Waals surface area contributed by atoms with Crippen LogP contribution in [0.3, 0.4) is 0 Å². The molecule has 0 saturated carbocycles. The maximum absolute atomic E-state index is 10.4. The molecule has 0 saturated heterocycles. The number of para-hydroxylation sites is 2. The van der Waals surface area contributed by atoms with Gasteiger partial charge in [-0.25, -0.2) is 0 Å². The van der Waals surface area contributed by atoms with Crippen molar-refractivity contribution in [3.63, 3.8) is 0 Å². The van der Waals surface area contributed by atoms with Gasteiger partial charge in [-0.2, -0.15) is 0 Å². The minimum absolute atomic E-state index is 0.154. The molecule has 0 amide bonds. The molecule has 0 fully saturated rings. The van der Waals surface area contributed by atoms with E-state index < -0.39 is 0 Å². The Hall–Kier alpha value is -3.47. The molecule has 0 aliphatic heterocycles. The minimum Gasteiger partial charge on any atom is -0.508 e. The van der Waals surface area contributed by atoms with Crippen molar-refractivity contribution < 1.29 is 24.9 Å². The Bertz CT molecular complexity index is 688. The van der Waals surface area contributed by atoms with Crippen LogP contribution >= 0.6 is 0 Å². The van der Waals surface area contributed by atoms with E-state index in [-0.39, 0.29) is 11.7 Å². The first-order chi connectivity index (χ1) is 12.0. The lowest BCUT2D eigenvalue weighted by Crippen LogP contribution is -2.00. The Labute approximate surface area is 146 Å². The number of carbonyl (C=O) groups excluding carboxylic acids is 1. The van der Waals surface area contributed by atoms with Crippen molar-refractivity contribution in [3.05, 3.63) is 84.9 Å². The lowest BCUT2D eigenvalue weighted by Gasteiger charge is -1.99. The molecule has 0 atom stereocenters. The molecule has 0 heterocycles. The molecule has 5 heteroatoms. The second-order valence-corrected chi connectivity index (χ2v) is 4.76. The van der Waals surface area contributed by atoms with E-state index in [2.05, 4.69) is 0 Å². The third kappa shape index (κ3) is 10.0. The molecule has 0 aromatic heterocycles. The summed E-state index contributed by atoms with van der Waals surface area (Å²) in [4.78, 5) is 10.4. The van der Waals surface area contributed by atoms with Crippen LogP contribution in [0.1, 0.15) is 6.92 Å². The van der Waals surface area contributed by atoms with Crippen molar-refractivity contribution in [2.24, 2.45) is 0 Å². The van der Waals surface area contributed by atoms with Gasteiger partial charge in [0.15, 0.2) is 0 Å². The Balaban J connectivity index is 0.000000195. The lowest BCUT2D eigenvalue weighted by atomic mass is 10.3. The highest BCUT2D eigenvalue weighted by atomic mass is 16.5. The summed E-state index contributed by atoms with van der Waals surface area (Å²) in [5.74, 6) is 0.872. The molecule has 0 radical (unpaired) electrons. The van der Waals surface area contributed by atoms with Gasteiger partial charge in [0.05, 0.1) is 0 Å². The number of ether oxygens (including phenoxy) is 1. The van der Waals surface area contributed by atoms with Crippen LogP contribution in [0.4, 0.5) is 0 Å². The first-order valence-electron chi connectivity index (χ1n) is 7.43. The number of hydrogen-bond donors (Lipinski definition) is 3. The van der Waals surface area contributed by atoms with Crippen molar-refractivity contribution in [2.75, 3.05) is 0 Å². The van der Waals surface area contributed by atoms with Gasteiger partial charge in [-0.15, -0.1) is 0 Å². The average molecular weight is 340 g/mol. The maximum Gasteiger partial charge on any atom is 0.308 e. The van der Waals surface area contributed by atoms with Gasteiger partial charge in [-0.1, -0.05) is 36.4 Å². The predicted octanol–water partition coefficient (Wildman–Crippen LogP) is 4.10. The molecule has 0 bridgehead atoms. The van der Waals surface area contributed by atoms with Crippen molar-refractivity contribution in [2.45, 2.75) is 6.92 Å². The van der Waals surface area contributed by atoms with Gasteiger partial charge in [0.2, 0.25) is 0 Å². The zero-order valence-corrected chi connectivity index (χ0v) is 13.7. The van der Waals surface area contributed by atoms with Crippen molar-refractivity contribution >= 4 is 5.97 Å². The summed E-state index contributed by atoms with van der Waals surface area (Å²) >= 11 is 0. The number of aromatic hydroxyl groups is 3. The molecular formula is C20H20O5. The summed E-state index contributed by atoms with van der Waals surface area (Å²) < 4.78 is 4.72. The van der Waals surface area contributed by atoms with Gasteiger partial charge >= 0.3 is 5.97 Å². The van der Waals surface area contributed by atoms with E-state index in [1.54, 1.807) is 48.5 Å². The fourth-order valence-corrected chi connectivity index (χ4v) is 1.54. The first kappa shape index (κ1) is 19.6. The van der Waals surface area contributed by atoms with Crippen LogP contribution in [0.15, 0.2) is 84.9 Å². The molecule has 3 rings (SSSR count).